The molecule has 0 spiro atoms. The van der Waals surface area contributed by atoms with Crippen LogP contribution in [0.5, 0.6) is 0 Å². The van der Waals surface area contributed by atoms with Gasteiger partial charge in [0.25, 0.3) is 0 Å². The van der Waals surface area contributed by atoms with Gasteiger partial charge >= 0.3 is 231 Å². The number of hydrogen-bond donors (Lipinski definition) is 2. The van der Waals surface area contributed by atoms with E-state index < -0.39 is 7.79 Å². The van der Waals surface area contributed by atoms with Gasteiger partial charge in [-0.25, -0.2) is 0 Å². The molecule has 1 fully saturated rings. The normalized spacial score (nSPS) is 15.0. The van der Waals surface area contributed by atoms with E-state index in [1.807, 2.05) is 73.7 Å². The van der Waals surface area contributed by atoms with Crippen LogP contribution in [-0.4, -0.2) is 43.9 Å². The fraction of sp³-hybridized carbons (Fsp3) is 0.241. The van der Waals surface area contributed by atoms with Gasteiger partial charge < -0.3 is 0 Å². The zero-order valence-electron chi connectivity index (χ0n) is 21.6. The van der Waals surface area contributed by atoms with Crippen LogP contribution in [0.25, 0.3) is 0 Å². The van der Waals surface area contributed by atoms with Crippen LogP contribution in [0.3, 0.4) is 0 Å². The Morgan fingerprint density at radius 2 is 1.45 bits per heavy atom. The number of hydrogen-bond acceptors (Lipinski definition) is 6. The van der Waals surface area contributed by atoms with Crippen molar-refractivity contribution in [2.75, 3.05) is 47.5 Å². The Labute approximate surface area is 231 Å². The van der Waals surface area contributed by atoms with E-state index >= 15 is 0 Å². The number of thiocarbonyl (C=S) groups is 1. The van der Waals surface area contributed by atoms with Gasteiger partial charge in [0.15, 0.2) is 0 Å². The summed E-state index contributed by atoms with van der Waals surface area (Å²) in [4.78, 5) is 12.6. The molecular weight excluding hydrogens is 515 g/mol. The molecule has 38 heavy (non-hydrogen) atoms. The number of ether oxygens (including phenoxy) is 1. The Hall–Kier alpha value is -3.45. The number of anilines is 3. The van der Waals surface area contributed by atoms with Crippen LogP contribution in [0.4, 0.5) is 17.1 Å². The SMILES string of the molecule is C=C(CC(=O)OCC)[PH]1(OCCNC(=S)Nc2ccccc2)N(c2ccccc2)CCN1c1ccccc1. The summed E-state index contributed by atoms with van der Waals surface area (Å²) in [7, 11) is -3.15. The molecule has 2 N–H and O–H groups in total. The summed E-state index contributed by atoms with van der Waals surface area (Å²) in [6.45, 7) is 8.93. The van der Waals surface area contributed by atoms with Crippen molar-refractivity contribution in [2.24, 2.45) is 0 Å². The minimum absolute atomic E-state index is 0.0914. The van der Waals surface area contributed by atoms with Crippen molar-refractivity contribution in [1.29, 1.82) is 0 Å². The summed E-state index contributed by atoms with van der Waals surface area (Å²) >= 11 is 5.48. The molecule has 0 aromatic heterocycles. The molecule has 0 aliphatic carbocycles. The van der Waals surface area contributed by atoms with Gasteiger partial charge in [-0.2, -0.15) is 0 Å². The molecule has 0 saturated carbocycles. The molecular formula is C29H35N4O3PS. The Balaban J connectivity index is 1.60. The average molecular weight is 551 g/mol. The Morgan fingerprint density at radius 1 is 0.921 bits per heavy atom. The molecule has 200 valence electrons. The van der Waals surface area contributed by atoms with Crippen LogP contribution in [0.2, 0.25) is 0 Å². The van der Waals surface area contributed by atoms with Gasteiger partial charge in [0, 0.05) is 0 Å². The van der Waals surface area contributed by atoms with Crippen molar-refractivity contribution in [3.63, 3.8) is 0 Å². The fourth-order valence-electron chi connectivity index (χ4n) is 4.67. The molecule has 1 heterocycles. The van der Waals surface area contributed by atoms with E-state index in [0.29, 0.717) is 24.9 Å². The average Bonchev–Trinajstić information content (AvgIpc) is 3.33. The van der Waals surface area contributed by atoms with Crippen LogP contribution in [-0.2, 0) is 14.1 Å². The molecule has 0 amide bonds. The molecule has 0 radical (unpaired) electrons. The molecule has 0 atom stereocenters. The maximum absolute atomic E-state index is 12.6. The zero-order valence-corrected chi connectivity index (χ0v) is 23.5. The second-order valence-electron chi connectivity index (χ2n) is 8.76. The van der Waals surface area contributed by atoms with Crippen LogP contribution >= 0.6 is 20.0 Å². The molecule has 3 aromatic rings. The van der Waals surface area contributed by atoms with Crippen LogP contribution in [0, 0.1) is 0 Å². The summed E-state index contributed by atoms with van der Waals surface area (Å²) < 4.78 is 16.8. The van der Waals surface area contributed by atoms with Crippen LogP contribution in [0.1, 0.15) is 13.3 Å². The van der Waals surface area contributed by atoms with E-state index in [1.165, 1.54) is 0 Å². The molecule has 3 aromatic carbocycles. The minimum atomic E-state index is -3.15. The van der Waals surface area contributed by atoms with Crippen molar-refractivity contribution in [1.82, 2.24) is 5.32 Å². The van der Waals surface area contributed by atoms with Gasteiger partial charge in [-0.15, -0.1) is 0 Å². The van der Waals surface area contributed by atoms with E-state index in [0.717, 1.165) is 35.5 Å². The number of benzene rings is 3. The molecule has 1 saturated heterocycles. The van der Waals surface area contributed by atoms with Gasteiger partial charge in [-0.05, 0) is 0 Å². The summed E-state index contributed by atoms with van der Waals surface area (Å²) in [5.41, 5.74) is 2.99. The third kappa shape index (κ3) is 6.51. The Kier molecular flexibility index (Phi) is 9.71. The third-order valence-electron chi connectivity index (χ3n) is 6.26. The number of rotatable bonds is 11. The first-order valence-electron chi connectivity index (χ1n) is 12.8. The van der Waals surface area contributed by atoms with Crippen LogP contribution in [0.15, 0.2) is 103 Å². The number of esters is 1. The third-order valence-corrected chi connectivity index (χ3v) is 10.6. The first-order valence-corrected chi connectivity index (χ1v) is 15.0. The van der Waals surface area contributed by atoms with Crippen molar-refractivity contribution >= 4 is 48.2 Å². The zero-order chi connectivity index (χ0) is 26.8. The van der Waals surface area contributed by atoms with Crippen molar-refractivity contribution in [2.45, 2.75) is 13.3 Å². The second kappa shape index (κ2) is 13.4. The second-order valence-corrected chi connectivity index (χ2v) is 12.5. The molecule has 1 aliphatic heterocycles. The van der Waals surface area contributed by atoms with E-state index in [1.54, 1.807) is 0 Å². The number of nitrogens with one attached hydrogen (secondary N) is 2. The summed E-state index contributed by atoms with van der Waals surface area (Å²) in [6, 6.07) is 30.2. The van der Waals surface area contributed by atoms with Crippen LogP contribution < -0.4 is 20.0 Å². The van der Waals surface area contributed by atoms with E-state index in [9.17, 15) is 4.79 Å². The quantitative estimate of drug-likeness (QED) is 0.131. The predicted octanol–water partition coefficient (Wildman–Crippen LogP) is 5.98. The topological polar surface area (TPSA) is 66.1 Å². The molecule has 4 rings (SSSR count). The van der Waals surface area contributed by atoms with E-state index in [2.05, 4.69) is 50.8 Å². The molecule has 0 unspecified atom stereocenters. The van der Waals surface area contributed by atoms with Crippen molar-refractivity contribution < 1.29 is 14.1 Å². The van der Waals surface area contributed by atoms with Gasteiger partial charge in [0.1, 0.15) is 0 Å². The van der Waals surface area contributed by atoms with E-state index in [4.69, 9.17) is 21.5 Å². The first-order chi connectivity index (χ1) is 18.5. The van der Waals surface area contributed by atoms with Crippen molar-refractivity contribution in [3.05, 3.63) is 103 Å². The van der Waals surface area contributed by atoms with Gasteiger partial charge in [0.2, 0.25) is 0 Å². The number of nitrogens with zero attached hydrogens (tertiary/aromatic N) is 2. The number of para-hydroxylation sites is 3. The molecule has 0 bridgehead atoms. The first kappa shape index (κ1) is 27.6. The summed E-state index contributed by atoms with van der Waals surface area (Å²) in [6.07, 6.45) is 0.0914. The predicted molar refractivity (Wildman–Crippen MR) is 163 cm³/mol. The van der Waals surface area contributed by atoms with E-state index in [-0.39, 0.29) is 12.4 Å². The molecule has 1 aliphatic rings. The summed E-state index contributed by atoms with van der Waals surface area (Å²) in [5.74, 6) is -0.299. The fourth-order valence-corrected chi connectivity index (χ4v) is 9.02. The summed E-state index contributed by atoms with van der Waals surface area (Å²) in [5, 5.41) is 7.69. The Bertz CT molecular complexity index is 1170. The molecule has 7 nitrogen and oxygen atoms in total. The Morgan fingerprint density at radius 3 is 1.97 bits per heavy atom. The van der Waals surface area contributed by atoms with Gasteiger partial charge in [-0.1, -0.05) is 0 Å². The maximum atomic E-state index is 12.6. The van der Waals surface area contributed by atoms with Crippen molar-refractivity contribution in [3.8, 4) is 0 Å². The number of carbonyl (C=O) groups is 1. The number of carbonyl (C=O) groups excluding carboxylic acids is 1. The van der Waals surface area contributed by atoms with Gasteiger partial charge in [-0.3, -0.25) is 0 Å². The van der Waals surface area contributed by atoms with Gasteiger partial charge in [0.05, 0.1) is 0 Å². The molecule has 9 heteroatoms. The monoisotopic (exact) mass is 550 g/mol. The standard InChI is InChI=1S/C29H35N4O3PS/c1-3-35-28(34)23-24(2)37(36-22-19-30-29(38)31-25-13-7-4-8-14-25)32(26-15-9-5-10-16-26)20-21-33(37)27-17-11-6-12-18-27/h4-18,37H,2-3,19-23H2,1H3,(H2,30,31,38).